The molecule has 0 aromatic carbocycles. The van der Waals surface area contributed by atoms with Crippen molar-refractivity contribution >= 4 is 18.1 Å². The van der Waals surface area contributed by atoms with Gasteiger partial charge in [0.05, 0.1) is 32.9 Å². The van der Waals surface area contributed by atoms with Crippen molar-refractivity contribution in [1.29, 1.82) is 0 Å². The average Bonchev–Trinajstić information content (AvgIpc) is 2.38. The number of rotatable bonds is 11. The predicted molar refractivity (Wildman–Crippen MR) is 62.8 cm³/mol. The predicted octanol–water partition coefficient (Wildman–Crippen LogP) is -2.59. The number of amides is 2. The molecule has 2 amide bonds. The molecule has 0 unspecified atom stereocenters. The molecule has 4 N–H and O–H groups in total. The lowest BCUT2D eigenvalue weighted by Crippen LogP contribution is -2.39. The molecule has 0 radical (unpaired) electrons. The second-order valence-corrected chi connectivity index (χ2v) is 3.20. The van der Waals surface area contributed by atoms with Crippen molar-refractivity contribution < 1.29 is 23.9 Å². The second-order valence-electron chi connectivity index (χ2n) is 3.20. The highest BCUT2D eigenvalue weighted by molar-refractivity contribution is 5.85. The lowest BCUT2D eigenvalue weighted by Gasteiger charge is -2.06. The number of aldehydes is 1. The van der Waals surface area contributed by atoms with Crippen molar-refractivity contribution in [2.75, 3.05) is 46.1 Å². The topological polar surface area (TPSA) is 120 Å². The van der Waals surface area contributed by atoms with Crippen LogP contribution in [0.25, 0.3) is 0 Å². The molecule has 0 saturated heterocycles. The summed E-state index contributed by atoms with van der Waals surface area (Å²) < 4.78 is 10.0. The molecule has 0 aliphatic rings. The van der Waals surface area contributed by atoms with Gasteiger partial charge in [0.15, 0.2) is 0 Å². The first kappa shape index (κ1) is 16.5. The van der Waals surface area contributed by atoms with Gasteiger partial charge >= 0.3 is 0 Å². The summed E-state index contributed by atoms with van der Waals surface area (Å²) in [7, 11) is 0. The molecule has 0 aromatic rings. The van der Waals surface area contributed by atoms with Crippen molar-refractivity contribution in [3.05, 3.63) is 0 Å². The normalized spacial score (nSPS) is 9.83. The van der Waals surface area contributed by atoms with E-state index in [2.05, 4.69) is 10.6 Å². The summed E-state index contributed by atoms with van der Waals surface area (Å²) in [6.07, 6.45) is 0.560. The molecule has 0 aromatic heterocycles. The lowest BCUT2D eigenvalue weighted by molar-refractivity contribution is -0.129. The Balaban J connectivity index is 3.37. The summed E-state index contributed by atoms with van der Waals surface area (Å²) in [5, 5.41) is 4.62. The molecule has 0 heterocycles. The molecular weight excluding hydrogens is 242 g/mol. The maximum atomic E-state index is 11.2. The monoisotopic (exact) mass is 261 g/mol. The van der Waals surface area contributed by atoms with Crippen LogP contribution in [0.4, 0.5) is 0 Å². The first-order valence-corrected chi connectivity index (χ1v) is 5.53. The van der Waals surface area contributed by atoms with Gasteiger partial charge in [-0.3, -0.25) is 9.59 Å². The Labute approximate surface area is 105 Å². The minimum absolute atomic E-state index is 0.0658. The highest BCUT2D eigenvalue weighted by Gasteiger charge is 2.04. The van der Waals surface area contributed by atoms with Gasteiger partial charge in [-0.15, -0.1) is 0 Å². The number of hydrogen-bond acceptors (Lipinski definition) is 6. The van der Waals surface area contributed by atoms with E-state index in [0.29, 0.717) is 26.0 Å². The molecule has 8 heteroatoms. The van der Waals surface area contributed by atoms with Gasteiger partial charge in [-0.2, -0.15) is 0 Å². The van der Waals surface area contributed by atoms with E-state index in [9.17, 15) is 14.4 Å². The molecule has 0 aliphatic carbocycles. The van der Waals surface area contributed by atoms with E-state index in [1.54, 1.807) is 0 Å². The Kier molecular flexibility index (Phi) is 11.0. The van der Waals surface area contributed by atoms with Crippen LogP contribution in [-0.4, -0.2) is 64.2 Å². The zero-order chi connectivity index (χ0) is 13.6. The van der Waals surface area contributed by atoms with Crippen molar-refractivity contribution in [3.63, 3.8) is 0 Å². The Hall–Kier alpha value is -1.51. The largest absolute Gasteiger partial charge is 0.378 e. The molecule has 0 saturated carbocycles. The highest BCUT2D eigenvalue weighted by atomic mass is 16.5. The third-order valence-electron chi connectivity index (χ3n) is 1.70. The quantitative estimate of drug-likeness (QED) is 0.277. The zero-order valence-corrected chi connectivity index (χ0v) is 10.1. The molecule has 104 valence electrons. The molecule has 0 rings (SSSR count). The van der Waals surface area contributed by atoms with Gasteiger partial charge in [-0.1, -0.05) is 0 Å². The van der Waals surface area contributed by atoms with Gasteiger partial charge in [0.1, 0.15) is 12.9 Å². The standard InChI is InChI=1S/C10H19N3O5/c11-1-4-17-5-6-18-8-10(16)13-7-9(15)12-2-3-14/h3H,1-2,4-8,11H2,(H,12,15)(H,13,16). The molecule has 18 heavy (non-hydrogen) atoms. The number of carbonyl (C=O) groups is 3. The van der Waals surface area contributed by atoms with Crippen LogP contribution in [0.15, 0.2) is 0 Å². The third-order valence-corrected chi connectivity index (χ3v) is 1.70. The Morgan fingerprint density at radius 2 is 1.78 bits per heavy atom. The van der Waals surface area contributed by atoms with Gasteiger partial charge in [-0.25, -0.2) is 0 Å². The fraction of sp³-hybridized carbons (Fsp3) is 0.700. The van der Waals surface area contributed by atoms with Crippen molar-refractivity contribution in [2.45, 2.75) is 0 Å². The number of carbonyl (C=O) groups excluding carboxylic acids is 3. The van der Waals surface area contributed by atoms with Crippen molar-refractivity contribution in [2.24, 2.45) is 5.73 Å². The summed E-state index contributed by atoms with van der Waals surface area (Å²) in [6.45, 7) is 1.15. The fourth-order valence-electron chi connectivity index (χ4n) is 0.916. The van der Waals surface area contributed by atoms with Gasteiger partial charge in [-0.05, 0) is 0 Å². The summed E-state index contributed by atoms with van der Waals surface area (Å²) >= 11 is 0. The van der Waals surface area contributed by atoms with Crippen LogP contribution in [-0.2, 0) is 23.9 Å². The number of nitrogens with two attached hydrogens (primary N) is 1. The Bertz CT molecular complexity index is 260. The molecule has 0 bridgehead atoms. The van der Waals surface area contributed by atoms with E-state index in [1.165, 1.54) is 0 Å². The maximum Gasteiger partial charge on any atom is 0.246 e. The van der Waals surface area contributed by atoms with E-state index in [-0.39, 0.29) is 26.3 Å². The van der Waals surface area contributed by atoms with Crippen LogP contribution in [0, 0.1) is 0 Å². The zero-order valence-electron chi connectivity index (χ0n) is 10.1. The van der Waals surface area contributed by atoms with Gasteiger partial charge in [0.25, 0.3) is 0 Å². The van der Waals surface area contributed by atoms with Crippen LogP contribution in [0.1, 0.15) is 0 Å². The molecule has 0 atom stereocenters. The molecule has 8 nitrogen and oxygen atoms in total. The van der Waals surface area contributed by atoms with Gasteiger partial charge in [0, 0.05) is 6.54 Å². The Morgan fingerprint density at radius 1 is 1.06 bits per heavy atom. The second kappa shape index (κ2) is 12.0. The number of ether oxygens (including phenoxy) is 2. The van der Waals surface area contributed by atoms with Crippen LogP contribution in [0.3, 0.4) is 0 Å². The lowest BCUT2D eigenvalue weighted by atomic mass is 10.5. The Morgan fingerprint density at radius 3 is 2.44 bits per heavy atom. The molecular formula is C10H19N3O5. The van der Waals surface area contributed by atoms with Crippen molar-refractivity contribution in [3.8, 4) is 0 Å². The summed E-state index contributed by atoms with van der Waals surface area (Å²) in [5.41, 5.74) is 5.20. The van der Waals surface area contributed by atoms with Crippen LogP contribution >= 0.6 is 0 Å². The first-order valence-electron chi connectivity index (χ1n) is 5.53. The van der Waals surface area contributed by atoms with Crippen LogP contribution in [0.5, 0.6) is 0 Å². The van der Waals surface area contributed by atoms with Gasteiger partial charge < -0.3 is 30.6 Å². The molecule has 0 fully saturated rings. The third kappa shape index (κ3) is 11.0. The smallest absolute Gasteiger partial charge is 0.246 e. The average molecular weight is 261 g/mol. The minimum Gasteiger partial charge on any atom is -0.378 e. The van der Waals surface area contributed by atoms with E-state index in [1.807, 2.05) is 0 Å². The summed E-state index contributed by atoms with van der Waals surface area (Å²) in [6, 6.07) is 0. The molecule has 0 spiro atoms. The van der Waals surface area contributed by atoms with E-state index >= 15 is 0 Å². The first-order chi connectivity index (χ1) is 8.70. The van der Waals surface area contributed by atoms with E-state index in [0.717, 1.165) is 0 Å². The molecule has 0 aliphatic heterocycles. The fourth-order valence-corrected chi connectivity index (χ4v) is 0.916. The summed E-state index contributed by atoms with van der Waals surface area (Å²) in [4.78, 5) is 32.1. The minimum atomic E-state index is -0.429. The SMILES string of the molecule is NCCOCCOCC(=O)NCC(=O)NCC=O. The van der Waals surface area contributed by atoms with Crippen molar-refractivity contribution in [1.82, 2.24) is 10.6 Å². The van der Waals surface area contributed by atoms with Gasteiger partial charge in [0.2, 0.25) is 11.8 Å². The van der Waals surface area contributed by atoms with Crippen LogP contribution < -0.4 is 16.4 Å². The highest BCUT2D eigenvalue weighted by Crippen LogP contribution is 1.78. The van der Waals surface area contributed by atoms with E-state index in [4.69, 9.17) is 15.2 Å². The van der Waals surface area contributed by atoms with Crippen LogP contribution in [0.2, 0.25) is 0 Å². The number of hydrogen-bond donors (Lipinski definition) is 3. The number of nitrogens with one attached hydrogen (secondary N) is 2. The maximum absolute atomic E-state index is 11.2. The summed E-state index contributed by atoms with van der Waals surface area (Å²) in [5.74, 6) is -0.836. The van der Waals surface area contributed by atoms with E-state index < -0.39 is 11.8 Å².